The molecule has 1 aromatic heterocycles. The fraction of sp³-hybridized carbons (Fsp3) is 0.600. The van der Waals surface area contributed by atoms with Gasteiger partial charge in [0.1, 0.15) is 0 Å². The van der Waals surface area contributed by atoms with Crippen molar-refractivity contribution < 1.29 is 0 Å². The van der Waals surface area contributed by atoms with E-state index in [4.69, 9.17) is 11.6 Å². The van der Waals surface area contributed by atoms with Gasteiger partial charge in [-0.05, 0) is 48.6 Å². The summed E-state index contributed by atoms with van der Waals surface area (Å²) in [4.78, 5) is 1.41. The lowest BCUT2D eigenvalue weighted by Crippen LogP contribution is -2.05. The highest BCUT2D eigenvalue weighted by atomic mass is 35.5. The summed E-state index contributed by atoms with van der Waals surface area (Å²) < 4.78 is 0. The molecule has 0 nitrogen and oxygen atoms in total. The average Bonchev–Trinajstić information content (AvgIpc) is 2.71. The summed E-state index contributed by atoms with van der Waals surface area (Å²) in [7, 11) is 0. The third-order valence-electron chi connectivity index (χ3n) is 2.60. The van der Waals surface area contributed by atoms with Crippen LogP contribution in [0, 0.1) is 12.3 Å². The molecule has 0 aromatic carbocycles. The van der Waals surface area contributed by atoms with Crippen LogP contribution < -0.4 is 0 Å². The second-order valence-corrected chi connectivity index (χ2v) is 5.26. The first-order valence-corrected chi connectivity index (χ1v) is 5.76. The van der Waals surface area contributed by atoms with Crippen molar-refractivity contribution in [2.75, 3.05) is 5.88 Å². The summed E-state index contributed by atoms with van der Waals surface area (Å²) in [5.74, 6) is 0.835. The van der Waals surface area contributed by atoms with E-state index in [2.05, 4.69) is 18.4 Å². The Hall–Kier alpha value is -0.0100. The molecule has 1 aliphatic carbocycles. The van der Waals surface area contributed by atoms with Gasteiger partial charge in [0.15, 0.2) is 0 Å². The maximum absolute atomic E-state index is 5.92. The minimum atomic E-state index is 0.481. The van der Waals surface area contributed by atoms with E-state index in [1.54, 1.807) is 0 Å². The van der Waals surface area contributed by atoms with E-state index < -0.39 is 0 Å². The second-order valence-electron chi connectivity index (χ2n) is 3.88. The first kappa shape index (κ1) is 8.58. The van der Waals surface area contributed by atoms with Crippen LogP contribution in [0.25, 0.3) is 0 Å². The molecule has 0 bridgehead atoms. The fourth-order valence-electron chi connectivity index (χ4n) is 1.56. The molecule has 0 saturated heterocycles. The first-order chi connectivity index (χ1) is 5.74. The van der Waals surface area contributed by atoms with Gasteiger partial charge in [-0.1, -0.05) is 0 Å². The van der Waals surface area contributed by atoms with Crippen molar-refractivity contribution in [1.29, 1.82) is 0 Å². The smallest absolute Gasteiger partial charge is 0.0283 e. The van der Waals surface area contributed by atoms with Crippen molar-refractivity contribution in [1.82, 2.24) is 0 Å². The van der Waals surface area contributed by atoms with Crippen LogP contribution in [0.3, 0.4) is 0 Å². The van der Waals surface area contributed by atoms with Crippen LogP contribution in [0.4, 0.5) is 0 Å². The number of halogens is 1. The first-order valence-electron chi connectivity index (χ1n) is 4.34. The van der Waals surface area contributed by atoms with Crippen LogP contribution in [-0.4, -0.2) is 5.88 Å². The van der Waals surface area contributed by atoms with Gasteiger partial charge >= 0.3 is 0 Å². The summed E-state index contributed by atoms with van der Waals surface area (Å²) in [6, 6.07) is 2.29. The molecule has 0 amide bonds. The zero-order valence-electron chi connectivity index (χ0n) is 7.27. The third kappa shape index (κ3) is 1.67. The minimum Gasteiger partial charge on any atom is -0.149 e. The van der Waals surface area contributed by atoms with Gasteiger partial charge in [-0.25, -0.2) is 0 Å². The Morgan fingerprint density at radius 1 is 1.58 bits per heavy atom. The summed E-state index contributed by atoms with van der Waals surface area (Å²) >= 11 is 7.76. The molecular formula is C10H13ClS. The van der Waals surface area contributed by atoms with Gasteiger partial charge in [0.2, 0.25) is 0 Å². The highest BCUT2D eigenvalue weighted by Gasteiger charge is 2.41. The van der Waals surface area contributed by atoms with Crippen molar-refractivity contribution in [3.8, 4) is 0 Å². The SMILES string of the molecule is Cc1cc(CC2(CCl)CC2)cs1. The molecule has 2 heteroatoms. The van der Waals surface area contributed by atoms with Crippen molar-refractivity contribution >= 4 is 22.9 Å². The van der Waals surface area contributed by atoms with Gasteiger partial charge in [-0.2, -0.15) is 0 Å². The molecule has 1 aliphatic rings. The maximum atomic E-state index is 5.92. The number of hydrogen-bond acceptors (Lipinski definition) is 1. The predicted octanol–water partition coefficient (Wildman–Crippen LogP) is 3.62. The minimum absolute atomic E-state index is 0.481. The molecule has 12 heavy (non-hydrogen) atoms. The maximum Gasteiger partial charge on any atom is 0.0283 e. The quantitative estimate of drug-likeness (QED) is 0.654. The number of hydrogen-bond donors (Lipinski definition) is 0. The van der Waals surface area contributed by atoms with Crippen LogP contribution in [0.2, 0.25) is 0 Å². The summed E-state index contributed by atoms with van der Waals surface area (Å²) in [5, 5.41) is 2.27. The number of thiophene rings is 1. The van der Waals surface area contributed by atoms with Gasteiger partial charge < -0.3 is 0 Å². The molecular weight excluding hydrogens is 188 g/mol. The van der Waals surface area contributed by atoms with Gasteiger partial charge in [0.05, 0.1) is 0 Å². The zero-order valence-corrected chi connectivity index (χ0v) is 8.84. The van der Waals surface area contributed by atoms with Gasteiger partial charge in [0.25, 0.3) is 0 Å². The van der Waals surface area contributed by atoms with Gasteiger partial charge in [0, 0.05) is 10.8 Å². The van der Waals surface area contributed by atoms with Crippen LogP contribution >= 0.6 is 22.9 Å². The number of alkyl halides is 1. The molecule has 0 radical (unpaired) electrons. The molecule has 2 rings (SSSR count). The van der Waals surface area contributed by atoms with E-state index in [0.717, 1.165) is 5.88 Å². The standard InChI is InChI=1S/C10H13ClS/c1-8-4-9(6-12-8)5-10(7-11)2-3-10/h4,6H,2-3,5,7H2,1H3. The average molecular weight is 201 g/mol. The Kier molecular flexibility index (Phi) is 2.18. The van der Waals surface area contributed by atoms with E-state index in [-0.39, 0.29) is 0 Å². The molecule has 0 unspecified atom stereocenters. The molecule has 1 aromatic rings. The Bertz CT molecular complexity index is 273. The second kappa shape index (κ2) is 3.04. The van der Waals surface area contributed by atoms with E-state index in [1.165, 1.54) is 29.7 Å². The van der Waals surface area contributed by atoms with Crippen LogP contribution in [0.1, 0.15) is 23.3 Å². The van der Waals surface area contributed by atoms with E-state index >= 15 is 0 Å². The lowest BCUT2D eigenvalue weighted by atomic mass is 10.0. The van der Waals surface area contributed by atoms with Crippen molar-refractivity contribution in [2.24, 2.45) is 5.41 Å². The topological polar surface area (TPSA) is 0 Å². The Labute approximate surface area is 82.6 Å². The highest BCUT2D eigenvalue weighted by Crippen LogP contribution is 2.49. The van der Waals surface area contributed by atoms with E-state index in [9.17, 15) is 0 Å². The normalized spacial score (nSPS) is 19.5. The van der Waals surface area contributed by atoms with E-state index in [1.807, 2.05) is 11.3 Å². The molecule has 66 valence electrons. The molecule has 0 aliphatic heterocycles. The monoisotopic (exact) mass is 200 g/mol. The molecule has 0 atom stereocenters. The van der Waals surface area contributed by atoms with Crippen LogP contribution in [0.5, 0.6) is 0 Å². The fourth-order valence-corrected chi connectivity index (χ4v) is 2.63. The lowest BCUT2D eigenvalue weighted by Gasteiger charge is -2.08. The van der Waals surface area contributed by atoms with Crippen LogP contribution in [-0.2, 0) is 6.42 Å². The number of aryl methyl sites for hydroxylation is 1. The number of rotatable bonds is 3. The van der Waals surface area contributed by atoms with Crippen molar-refractivity contribution in [3.63, 3.8) is 0 Å². The molecule has 1 heterocycles. The molecule has 0 spiro atoms. The molecule has 0 N–H and O–H groups in total. The van der Waals surface area contributed by atoms with Gasteiger partial charge in [-0.3, -0.25) is 0 Å². The lowest BCUT2D eigenvalue weighted by molar-refractivity contribution is 0.579. The highest BCUT2D eigenvalue weighted by molar-refractivity contribution is 7.10. The molecule has 1 fully saturated rings. The largest absolute Gasteiger partial charge is 0.149 e. The third-order valence-corrected chi connectivity index (χ3v) is 4.08. The Balaban J connectivity index is 2.04. The van der Waals surface area contributed by atoms with Crippen molar-refractivity contribution in [2.45, 2.75) is 26.2 Å². The Morgan fingerprint density at radius 2 is 2.33 bits per heavy atom. The van der Waals surface area contributed by atoms with Gasteiger partial charge in [-0.15, -0.1) is 22.9 Å². The Morgan fingerprint density at radius 3 is 2.75 bits per heavy atom. The summed E-state index contributed by atoms with van der Waals surface area (Å²) in [6.07, 6.45) is 3.84. The van der Waals surface area contributed by atoms with Crippen LogP contribution in [0.15, 0.2) is 11.4 Å². The predicted molar refractivity (Wildman–Crippen MR) is 55.1 cm³/mol. The zero-order chi connectivity index (χ0) is 8.60. The summed E-state index contributed by atoms with van der Waals surface area (Å²) in [6.45, 7) is 2.16. The molecule has 1 saturated carbocycles. The van der Waals surface area contributed by atoms with Crippen molar-refractivity contribution in [3.05, 3.63) is 21.9 Å². The van der Waals surface area contributed by atoms with E-state index in [0.29, 0.717) is 5.41 Å². The summed E-state index contributed by atoms with van der Waals surface area (Å²) in [5.41, 5.74) is 1.96.